The van der Waals surface area contributed by atoms with Crippen LogP contribution in [0.5, 0.6) is 0 Å². The topological polar surface area (TPSA) is 32.6 Å². The van der Waals surface area contributed by atoms with Gasteiger partial charge >= 0.3 is 0 Å². The van der Waals surface area contributed by atoms with Crippen LogP contribution in [0.4, 0.5) is 102 Å². The first-order valence-electron chi connectivity index (χ1n) is 33.5. The van der Waals surface area contributed by atoms with Crippen molar-refractivity contribution in [2.24, 2.45) is 0 Å². The van der Waals surface area contributed by atoms with E-state index in [1.165, 1.54) is 47.5 Å². The van der Waals surface area contributed by atoms with E-state index < -0.39 is 0 Å². The third kappa shape index (κ3) is 8.78. The van der Waals surface area contributed by atoms with Gasteiger partial charge in [-0.25, -0.2) is 0 Å². The fourth-order valence-corrected chi connectivity index (χ4v) is 17.2. The number of nitrogens with zero attached hydrogens (tertiary/aromatic N) is 6. The molecular formula is C88H58B2N6OS. The highest BCUT2D eigenvalue weighted by Gasteiger charge is 2.49. The number of furan rings is 1. The summed E-state index contributed by atoms with van der Waals surface area (Å²) < 4.78 is 9.98. The summed E-state index contributed by atoms with van der Waals surface area (Å²) in [5.74, 6) is 0.822. The molecule has 4 aliphatic rings. The second-order valence-electron chi connectivity index (χ2n) is 25.6. The quantitative estimate of drug-likeness (QED) is 0.119. The first kappa shape index (κ1) is 55.9. The van der Waals surface area contributed by atoms with E-state index in [4.69, 9.17) is 4.42 Å². The van der Waals surface area contributed by atoms with Crippen LogP contribution in [0.1, 0.15) is 0 Å². The summed E-state index contributed by atoms with van der Waals surface area (Å²) in [6.45, 7) is -0.444. The number of para-hydroxylation sites is 9. The van der Waals surface area contributed by atoms with Crippen molar-refractivity contribution in [3.8, 4) is 11.3 Å². The Labute approximate surface area is 573 Å². The molecule has 0 amide bonds. The number of anilines is 18. The molecule has 4 aliphatic heterocycles. The standard InChI is InChI=1S/C88H58B2N6OS/c1-10-30-59(31-11-1)83-56-82-88(97-83)90-74-55-71-70-54-73-76(94(65-42-22-7-23-43-65)79-51-68(91(60-32-12-2-13-33-60)61-34-14-3-15-35-61)50-78-86(79)89(73)72-48-28-29-49-75(72)93(78)64-40-20-6-21-41-64)57-84(70)98-85(71)58-77(74)95(66-44-24-8-25-45-66)80-52-69(53-81(87(80)90)96(82)67-46-26-9-27-47-67)92(62-36-16-4-17-37-62)63-38-18-5-19-39-63/h1-58H. The third-order valence-corrected chi connectivity index (χ3v) is 21.2. The lowest BCUT2D eigenvalue weighted by atomic mass is 9.33. The number of fused-ring (bicyclic) bond motifs is 11. The van der Waals surface area contributed by atoms with Crippen LogP contribution < -0.4 is 62.4 Å². The fraction of sp³-hybridized carbons (Fsp3) is 0. The molecule has 98 heavy (non-hydrogen) atoms. The predicted molar refractivity (Wildman–Crippen MR) is 414 cm³/mol. The van der Waals surface area contributed by atoms with Crippen molar-refractivity contribution in [3.05, 3.63) is 352 Å². The average Bonchev–Trinajstić information content (AvgIpc) is 1.04. The monoisotopic (exact) mass is 1270 g/mol. The van der Waals surface area contributed by atoms with Crippen molar-refractivity contribution in [2.45, 2.75) is 0 Å². The molecule has 458 valence electrons. The molecular weight excluding hydrogens is 1210 g/mol. The number of rotatable bonds is 11. The summed E-state index contributed by atoms with van der Waals surface area (Å²) in [5.41, 5.74) is 27.7. The highest BCUT2D eigenvalue weighted by molar-refractivity contribution is 7.26. The summed E-state index contributed by atoms with van der Waals surface area (Å²) in [7, 11) is 0. The van der Waals surface area contributed by atoms with Gasteiger partial charge in [-0.1, -0.05) is 206 Å². The van der Waals surface area contributed by atoms with Crippen LogP contribution in [0.15, 0.2) is 356 Å². The molecule has 0 atom stereocenters. The first-order chi connectivity index (χ1) is 48.6. The average molecular weight is 1270 g/mol. The lowest BCUT2D eigenvalue weighted by molar-refractivity contribution is 0.615. The van der Waals surface area contributed by atoms with Gasteiger partial charge in [0.05, 0.1) is 22.7 Å². The largest absolute Gasteiger partial charge is 0.468 e. The van der Waals surface area contributed by atoms with E-state index in [9.17, 15) is 0 Å². The summed E-state index contributed by atoms with van der Waals surface area (Å²) >= 11 is 1.88. The van der Waals surface area contributed by atoms with Gasteiger partial charge in [0.2, 0.25) is 0 Å². The molecule has 7 nitrogen and oxygen atoms in total. The highest BCUT2D eigenvalue weighted by Crippen LogP contribution is 2.53. The third-order valence-electron chi connectivity index (χ3n) is 20.1. The maximum atomic E-state index is 7.56. The van der Waals surface area contributed by atoms with Crippen LogP contribution in [0, 0.1) is 0 Å². The number of hydrogen-bond acceptors (Lipinski definition) is 8. The second-order valence-corrected chi connectivity index (χ2v) is 26.6. The number of benzene rings is 14. The van der Waals surface area contributed by atoms with Crippen LogP contribution in [0.2, 0.25) is 0 Å². The molecule has 0 fully saturated rings. The van der Waals surface area contributed by atoms with E-state index in [1.807, 2.05) is 11.3 Å². The molecule has 0 N–H and O–H groups in total. The molecule has 0 bridgehead atoms. The normalized spacial score (nSPS) is 13.0. The van der Waals surface area contributed by atoms with E-state index in [-0.39, 0.29) is 13.4 Å². The van der Waals surface area contributed by atoms with E-state index >= 15 is 0 Å². The van der Waals surface area contributed by atoms with Gasteiger partial charge in [0.25, 0.3) is 13.4 Å². The molecule has 10 heteroatoms. The molecule has 16 aromatic rings. The van der Waals surface area contributed by atoms with Gasteiger partial charge in [-0.05, 0) is 178 Å². The molecule has 0 spiro atoms. The molecule has 0 saturated carbocycles. The Hall–Kier alpha value is -12.5. The zero-order valence-electron chi connectivity index (χ0n) is 53.1. The van der Waals surface area contributed by atoms with Crippen LogP contribution in [0.25, 0.3) is 31.5 Å². The SMILES string of the molecule is c1ccc(-c2cc3c(o2)B2c4cc5c(cc4N(c4ccccc4)c4cc(N(c6ccccc6)c6ccccc6)cc(c42)N3c2ccccc2)sc2cc3c(cc25)B2c4ccccc4N(c4ccccc4)c4cc(N(c5ccccc5)c5ccccc5)cc(c42)N3c2ccccc2)cc1. The van der Waals surface area contributed by atoms with Gasteiger partial charge in [0.1, 0.15) is 5.76 Å². The van der Waals surface area contributed by atoms with E-state index in [1.54, 1.807) is 0 Å². The lowest BCUT2D eigenvalue weighted by Crippen LogP contribution is -2.61. The van der Waals surface area contributed by atoms with Crippen LogP contribution in [-0.2, 0) is 0 Å². The van der Waals surface area contributed by atoms with Crippen molar-refractivity contribution < 1.29 is 4.42 Å². The van der Waals surface area contributed by atoms with Crippen LogP contribution in [0.3, 0.4) is 0 Å². The van der Waals surface area contributed by atoms with E-state index in [0.29, 0.717) is 0 Å². The Morgan fingerprint density at radius 1 is 0.255 bits per heavy atom. The Morgan fingerprint density at radius 2 is 0.582 bits per heavy atom. The van der Waals surface area contributed by atoms with Crippen molar-refractivity contribution >= 4 is 180 Å². The Bertz CT molecular complexity index is 5650. The number of thiophene rings is 1. The Balaban J connectivity index is 0.868. The minimum atomic E-state index is -0.312. The smallest absolute Gasteiger partial charge is 0.297 e. The van der Waals surface area contributed by atoms with Gasteiger partial charge in [-0.15, -0.1) is 11.3 Å². The number of hydrogen-bond donors (Lipinski definition) is 0. The van der Waals surface area contributed by atoms with Gasteiger partial charge < -0.3 is 33.8 Å². The van der Waals surface area contributed by atoms with E-state index in [2.05, 4.69) is 381 Å². The summed E-state index contributed by atoms with van der Waals surface area (Å²) in [4.78, 5) is 14.9. The molecule has 0 aliphatic carbocycles. The molecule has 14 aromatic carbocycles. The zero-order chi connectivity index (χ0) is 64.4. The second kappa shape index (κ2) is 22.6. The molecule has 0 unspecified atom stereocenters. The van der Waals surface area contributed by atoms with Crippen molar-refractivity contribution in [3.63, 3.8) is 0 Å². The fourth-order valence-electron chi connectivity index (χ4n) is 16.0. The maximum Gasteiger partial charge on any atom is 0.297 e. The van der Waals surface area contributed by atoms with Crippen molar-refractivity contribution in [1.82, 2.24) is 0 Å². The van der Waals surface area contributed by atoms with Gasteiger partial charge in [0, 0.05) is 106 Å². The summed E-state index contributed by atoms with van der Waals surface area (Å²) in [6, 6.07) is 129. The van der Waals surface area contributed by atoms with E-state index in [0.717, 1.165) is 119 Å². The predicted octanol–water partition coefficient (Wildman–Crippen LogP) is 20.4. The Kier molecular flexibility index (Phi) is 12.9. The minimum Gasteiger partial charge on any atom is -0.468 e. The van der Waals surface area contributed by atoms with Crippen molar-refractivity contribution in [1.29, 1.82) is 0 Å². The van der Waals surface area contributed by atoms with Gasteiger partial charge in [-0.3, -0.25) is 0 Å². The zero-order valence-corrected chi connectivity index (χ0v) is 54.0. The highest BCUT2D eigenvalue weighted by atomic mass is 32.1. The lowest BCUT2D eigenvalue weighted by Gasteiger charge is -2.45. The minimum absolute atomic E-state index is 0.132. The van der Waals surface area contributed by atoms with Crippen molar-refractivity contribution in [2.75, 3.05) is 29.4 Å². The summed E-state index contributed by atoms with van der Waals surface area (Å²) in [5, 5.41) is 2.44. The molecule has 6 heterocycles. The molecule has 0 saturated heterocycles. The molecule has 20 rings (SSSR count). The molecule has 2 aromatic heterocycles. The van der Waals surface area contributed by atoms with Gasteiger partial charge in [-0.2, -0.15) is 0 Å². The van der Waals surface area contributed by atoms with Crippen LogP contribution >= 0.6 is 11.3 Å². The van der Waals surface area contributed by atoms with Gasteiger partial charge in [0.15, 0.2) is 0 Å². The maximum absolute atomic E-state index is 7.56. The first-order valence-corrected chi connectivity index (χ1v) is 34.4. The Morgan fingerprint density at radius 3 is 0.990 bits per heavy atom. The van der Waals surface area contributed by atoms with Crippen LogP contribution in [-0.4, -0.2) is 13.4 Å². The molecule has 0 radical (unpaired) electrons. The summed E-state index contributed by atoms with van der Waals surface area (Å²) in [6.07, 6.45) is 0.